The third-order valence-corrected chi connectivity index (χ3v) is 12.2. The molecule has 3 aliphatic heterocycles. The number of hydrogen-bond acceptors (Lipinski definition) is 10. The van der Waals surface area contributed by atoms with Crippen molar-refractivity contribution in [2.45, 2.75) is 49.6 Å². The number of carbonyl (C=O) groups excluding carboxylic acids is 2. The quantitative estimate of drug-likeness (QED) is 0.466. The molecule has 5 rings (SSSR count). The van der Waals surface area contributed by atoms with Crippen LogP contribution in [0.5, 0.6) is 0 Å². The average molecular weight is 643 g/mol. The molecule has 0 N–H and O–H groups in total. The first-order chi connectivity index (χ1) is 20.6. The summed E-state index contributed by atoms with van der Waals surface area (Å²) in [5.41, 5.74) is -2.20. The Bertz CT molecular complexity index is 1600. The summed E-state index contributed by atoms with van der Waals surface area (Å²) in [5.74, 6) is -0.799. The number of amidine groups is 2. The molecule has 44 heavy (non-hydrogen) atoms. The van der Waals surface area contributed by atoms with Gasteiger partial charge >= 0.3 is 0 Å². The number of sulfonamides is 2. The van der Waals surface area contributed by atoms with Gasteiger partial charge in [0.2, 0.25) is 11.8 Å². The maximum atomic E-state index is 13.7. The van der Waals surface area contributed by atoms with Gasteiger partial charge in [0.15, 0.2) is 0 Å². The molecule has 0 bridgehead atoms. The van der Waals surface area contributed by atoms with Crippen LogP contribution < -0.4 is 0 Å². The van der Waals surface area contributed by atoms with Crippen molar-refractivity contribution in [2.24, 2.45) is 20.8 Å². The third kappa shape index (κ3) is 4.78. The Hall–Kier alpha value is -3.46. The highest BCUT2D eigenvalue weighted by molar-refractivity contribution is 7.90. The Balaban J connectivity index is 1.42. The number of carbonyl (C=O) groups is 2. The molecular formula is C30H38N6O6S2. The highest BCUT2D eigenvalue weighted by Gasteiger charge is 2.61. The van der Waals surface area contributed by atoms with E-state index in [0.29, 0.717) is 26.2 Å². The van der Waals surface area contributed by atoms with E-state index in [1.165, 1.54) is 38.4 Å². The number of benzene rings is 2. The second kappa shape index (κ2) is 11.2. The van der Waals surface area contributed by atoms with Crippen molar-refractivity contribution in [3.63, 3.8) is 0 Å². The predicted octanol–water partition coefficient (Wildman–Crippen LogP) is 1.91. The summed E-state index contributed by atoms with van der Waals surface area (Å²) >= 11 is 0. The molecule has 14 heteroatoms. The van der Waals surface area contributed by atoms with E-state index in [2.05, 4.69) is 9.98 Å². The van der Waals surface area contributed by atoms with E-state index in [0.717, 1.165) is 8.61 Å². The lowest BCUT2D eigenvalue weighted by atomic mass is 9.83. The summed E-state index contributed by atoms with van der Waals surface area (Å²) < 4.78 is 56.2. The molecule has 0 spiro atoms. The zero-order valence-corrected chi connectivity index (χ0v) is 27.3. The second-order valence-corrected chi connectivity index (χ2v) is 15.8. The maximum absolute atomic E-state index is 13.7. The van der Waals surface area contributed by atoms with Gasteiger partial charge in [0.25, 0.3) is 20.0 Å². The van der Waals surface area contributed by atoms with Gasteiger partial charge < -0.3 is 0 Å². The highest BCUT2D eigenvalue weighted by Crippen LogP contribution is 2.42. The van der Waals surface area contributed by atoms with Crippen molar-refractivity contribution in [2.75, 3.05) is 40.3 Å². The highest BCUT2D eigenvalue weighted by atomic mass is 32.2. The van der Waals surface area contributed by atoms with E-state index < -0.39 is 54.8 Å². The molecule has 2 amide bonds. The van der Waals surface area contributed by atoms with Gasteiger partial charge in [-0.2, -0.15) is 8.61 Å². The standard InChI is InChI=1S/C30H38N6O6S2/c1-29(2)23(25(31-5)35(27(29)37)43(39,40)21-13-9-7-10-14-21)33-17-19-34(20-18-33)24-26(32-6)36(28(38)30(24,3)4)44(41,42)22-15-11-8-12-16-22/h7-16,23-24H,17-20H2,1-6H3. The molecule has 0 aliphatic carbocycles. The summed E-state index contributed by atoms with van der Waals surface area (Å²) in [4.78, 5) is 40.2. The van der Waals surface area contributed by atoms with Crippen molar-refractivity contribution in [3.8, 4) is 0 Å². The predicted molar refractivity (Wildman–Crippen MR) is 166 cm³/mol. The van der Waals surface area contributed by atoms with Gasteiger partial charge in [-0.1, -0.05) is 36.4 Å². The molecular weight excluding hydrogens is 605 g/mol. The van der Waals surface area contributed by atoms with Crippen LogP contribution in [0.1, 0.15) is 27.7 Å². The molecule has 3 saturated heterocycles. The van der Waals surface area contributed by atoms with Crippen LogP contribution in [0, 0.1) is 10.8 Å². The number of amides is 2. The van der Waals surface area contributed by atoms with Crippen LogP contribution in [0.15, 0.2) is 80.4 Å². The van der Waals surface area contributed by atoms with Gasteiger partial charge in [0, 0.05) is 40.3 Å². The minimum absolute atomic E-state index is 0.00490. The molecule has 2 unspecified atom stereocenters. The molecule has 2 atom stereocenters. The average Bonchev–Trinajstić information content (AvgIpc) is 3.35. The molecule has 0 aromatic heterocycles. The third-order valence-electron chi connectivity index (χ3n) is 8.84. The van der Waals surface area contributed by atoms with E-state index >= 15 is 0 Å². The molecule has 3 heterocycles. The SMILES string of the molecule is CN=C1C(N2CCN(C3C(=NC)N(S(=O)(=O)c4ccccc4)C(=O)C3(C)C)CC2)C(C)(C)C(=O)N1S(=O)(=O)c1ccccc1. The lowest BCUT2D eigenvalue weighted by Crippen LogP contribution is -2.60. The first kappa shape index (κ1) is 31.9. The Morgan fingerprint density at radius 3 is 1.16 bits per heavy atom. The summed E-state index contributed by atoms with van der Waals surface area (Å²) in [6, 6.07) is 14.4. The molecule has 0 radical (unpaired) electrons. The van der Waals surface area contributed by atoms with Crippen LogP contribution in [-0.4, -0.2) is 111 Å². The van der Waals surface area contributed by atoms with Gasteiger partial charge in [-0.05, 0) is 52.0 Å². The summed E-state index contributed by atoms with van der Waals surface area (Å²) in [5, 5.41) is 0. The molecule has 3 aliphatic rings. The van der Waals surface area contributed by atoms with E-state index in [9.17, 15) is 26.4 Å². The molecule has 0 saturated carbocycles. The van der Waals surface area contributed by atoms with Gasteiger partial charge in [0.05, 0.1) is 32.7 Å². The van der Waals surface area contributed by atoms with E-state index in [4.69, 9.17) is 0 Å². The Morgan fingerprint density at radius 1 is 0.591 bits per heavy atom. The fraction of sp³-hybridized carbons (Fsp3) is 0.467. The van der Waals surface area contributed by atoms with E-state index in [1.807, 2.05) is 9.80 Å². The van der Waals surface area contributed by atoms with Crippen LogP contribution in [0.2, 0.25) is 0 Å². The summed E-state index contributed by atoms with van der Waals surface area (Å²) in [6.45, 7) is 8.59. The molecule has 3 fully saturated rings. The number of rotatable bonds is 6. The van der Waals surface area contributed by atoms with Crippen LogP contribution in [0.3, 0.4) is 0 Å². The first-order valence-corrected chi connectivity index (χ1v) is 17.2. The van der Waals surface area contributed by atoms with Crippen molar-refractivity contribution < 1.29 is 26.4 Å². The lowest BCUT2D eigenvalue weighted by Gasteiger charge is -2.44. The minimum Gasteiger partial charge on any atom is -0.290 e. The van der Waals surface area contributed by atoms with Gasteiger partial charge in [-0.3, -0.25) is 29.4 Å². The van der Waals surface area contributed by atoms with Crippen molar-refractivity contribution in [1.29, 1.82) is 0 Å². The van der Waals surface area contributed by atoms with Crippen LogP contribution in [-0.2, 0) is 29.6 Å². The fourth-order valence-corrected chi connectivity index (χ4v) is 9.80. The summed E-state index contributed by atoms with van der Waals surface area (Å²) in [7, 11) is -5.41. The normalized spacial score (nSPS) is 26.7. The zero-order valence-electron chi connectivity index (χ0n) is 25.7. The molecule has 236 valence electrons. The summed E-state index contributed by atoms with van der Waals surface area (Å²) in [6.07, 6.45) is 0. The number of aliphatic imine (C=N–C) groups is 2. The van der Waals surface area contributed by atoms with Crippen molar-refractivity contribution in [1.82, 2.24) is 18.4 Å². The maximum Gasteiger partial charge on any atom is 0.271 e. The van der Waals surface area contributed by atoms with Gasteiger partial charge in [0.1, 0.15) is 11.7 Å². The van der Waals surface area contributed by atoms with Crippen LogP contribution >= 0.6 is 0 Å². The van der Waals surface area contributed by atoms with Crippen molar-refractivity contribution in [3.05, 3.63) is 60.7 Å². The number of piperazine rings is 1. The number of hydrogen-bond donors (Lipinski definition) is 0. The molecule has 12 nitrogen and oxygen atoms in total. The number of nitrogens with zero attached hydrogens (tertiary/aromatic N) is 6. The molecule has 2 aromatic carbocycles. The fourth-order valence-electron chi connectivity index (χ4n) is 6.61. The largest absolute Gasteiger partial charge is 0.290 e. The van der Waals surface area contributed by atoms with Gasteiger partial charge in [-0.25, -0.2) is 16.8 Å². The Morgan fingerprint density at radius 2 is 0.886 bits per heavy atom. The topological polar surface area (TPSA) is 140 Å². The van der Waals surface area contributed by atoms with Crippen LogP contribution in [0.25, 0.3) is 0 Å². The second-order valence-electron chi connectivity index (χ2n) is 12.3. The van der Waals surface area contributed by atoms with E-state index in [-0.39, 0.29) is 21.5 Å². The van der Waals surface area contributed by atoms with E-state index in [1.54, 1.807) is 64.1 Å². The Labute approximate surface area is 259 Å². The lowest BCUT2D eigenvalue weighted by molar-refractivity contribution is -0.133. The smallest absolute Gasteiger partial charge is 0.271 e. The zero-order chi connectivity index (χ0) is 32.2. The van der Waals surface area contributed by atoms with Crippen molar-refractivity contribution >= 4 is 43.5 Å². The first-order valence-electron chi connectivity index (χ1n) is 14.3. The molecule has 2 aromatic rings. The Kier molecular flexibility index (Phi) is 8.10. The monoisotopic (exact) mass is 642 g/mol. The minimum atomic E-state index is -4.19. The van der Waals surface area contributed by atoms with Gasteiger partial charge in [-0.15, -0.1) is 0 Å². The van der Waals surface area contributed by atoms with Crippen LogP contribution in [0.4, 0.5) is 0 Å².